The third kappa shape index (κ3) is 4.13. The molecule has 5 fully saturated rings. The first-order chi connectivity index (χ1) is 12.5. The van der Waals surface area contributed by atoms with Gasteiger partial charge in [-0.3, -0.25) is 0 Å². The van der Waals surface area contributed by atoms with E-state index in [1.54, 1.807) is 0 Å². The van der Waals surface area contributed by atoms with Crippen molar-refractivity contribution in [2.45, 2.75) is 68.7 Å². The molecule has 2 unspecified atom stereocenters. The van der Waals surface area contributed by atoms with E-state index in [9.17, 15) is 4.79 Å². The number of hydrogen-bond acceptors (Lipinski definition) is 1. The monoisotopic (exact) mass is 474 g/mol. The Bertz CT molecular complexity index is 597. The summed E-state index contributed by atoms with van der Waals surface area (Å²) in [6.07, 6.45) is 20.0. The molecular weight excluding hydrogens is 441 g/mol. The molecule has 5 saturated carbocycles. The van der Waals surface area contributed by atoms with Crippen molar-refractivity contribution in [3.63, 3.8) is 0 Å². The van der Waals surface area contributed by atoms with Crippen LogP contribution in [0.5, 0.6) is 0 Å². The minimum Gasteiger partial charge on any atom is -1.00 e. The van der Waals surface area contributed by atoms with Gasteiger partial charge in [-0.05, 0) is 0 Å². The maximum absolute atomic E-state index is 13.6. The molecule has 6 aliphatic rings. The van der Waals surface area contributed by atoms with Crippen LogP contribution in [0.3, 0.4) is 0 Å². The fraction of sp³-hybridized carbons (Fsp3) is 0.773. The molecule has 155 valence electrons. The Labute approximate surface area is 190 Å². The van der Waals surface area contributed by atoms with Crippen LogP contribution in [0.1, 0.15) is 51.4 Å². The van der Waals surface area contributed by atoms with Crippen LogP contribution in [0, 0.1) is 35.0 Å². The summed E-state index contributed by atoms with van der Waals surface area (Å²) >= 11 is -1.48. The van der Waals surface area contributed by atoms with Crippen LogP contribution in [0.15, 0.2) is 24.3 Å². The molecule has 6 aliphatic carbocycles. The van der Waals surface area contributed by atoms with Crippen LogP contribution in [0.2, 0.25) is 17.3 Å². The molecule has 2 nitrogen and oxygen atoms in total. The first-order valence-corrected chi connectivity index (χ1v) is 18.3. The predicted molar refractivity (Wildman–Crippen MR) is 106 cm³/mol. The van der Waals surface area contributed by atoms with Gasteiger partial charge in [-0.2, -0.15) is 0 Å². The molecule has 0 aromatic carbocycles. The van der Waals surface area contributed by atoms with Crippen molar-refractivity contribution < 1.29 is 47.0 Å². The van der Waals surface area contributed by atoms with Crippen molar-refractivity contribution in [1.29, 1.82) is 0 Å². The van der Waals surface area contributed by atoms with Gasteiger partial charge < -0.3 is 24.8 Å². The van der Waals surface area contributed by atoms with Gasteiger partial charge in [0.05, 0.1) is 0 Å². The van der Waals surface area contributed by atoms with E-state index in [4.69, 9.17) is 0 Å². The van der Waals surface area contributed by atoms with E-state index < -0.39 is 24.0 Å². The Morgan fingerprint density at radius 1 is 0.893 bits per heavy atom. The van der Waals surface area contributed by atoms with Gasteiger partial charge in [0.2, 0.25) is 0 Å². The van der Waals surface area contributed by atoms with Gasteiger partial charge in [0.15, 0.2) is 0 Å². The average Bonchev–Trinajstić information content (AvgIpc) is 3.01. The third-order valence-corrected chi connectivity index (χ3v) is 20.9. The van der Waals surface area contributed by atoms with Gasteiger partial charge >= 0.3 is 167 Å². The molecule has 2 atom stereocenters. The second kappa shape index (κ2) is 8.91. The molecule has 4 bridgehead atoms. The minimum atomic E-state index is -1.48. The second-order valence-corrected chi connectivity index (χ2v) is 23.9. The second-order valence-electron chi connectivity index (χ2n) is 10.5. The summed E-state index contributed by atoms with van der Waals surface area (Å²) in [6.45, 7) is 4.27. The summed E-state index contributed by atoms with van der Waals surface area (Å²) in [4.78, 5) is 13.6. The molecule has 0 radical (unpaired) electrons. The Morgan fingerprint density at radius 3 is 1.79 bits per heavy atom. The summed E-state index contributed by atoms with van der Waals surface area (Å²) in [5.41, 5.74) is 0.0570. The van der Waals surface area contributed by atoms with Crippen molar-refractivity contribution >= 4 is 12.6 Å². The number of fused-ring (bicyclic) bond motifs is 1. The van der Waals surface area contributed by atoms with Gasteiger partial charge in [0.25, 0.3) is 0 Å². The number of amides is 1. The van der Waals surface area contributed by atoms with E-state index in [0.717, 1.165) is 33.8 Å². The van der Waals surface area contributed by atoms with E-state index in [-0.39, 0.29) is 30.2 Å². The first kappa shape index (κ1) is 23.1. The SMILES string of the molecule is C[SiH](C)[Ti+2]([NH]C(=O)C12CC3CC(CC(C3)C1)C2)[CH]1CC2C=CC=CC2C1.[Cl-].[Cl-]. The first-order valence-electron chi connectivity index (χ1n) is 11.1. The van der Waals surface area contributed by atoms with E-state index in [2.05, 4.69) is 41.2 Å². The molecule has 28 heavy (non-hydrogen) atoms. The number of allylic oxidation sites excluding steroid dienone is 4. The zero-order valence-corrected chi connectivity index (χ0v) is 21.4. The number of carbonyl (C=O) groups excluding carboxylic acids is 1. The Kier molecular flexibility index (Phi) is 7.36. The summed E-state index contributed by atoms with van der Waals surface area (Å²) in [5.74, 6) is 4.67. The molecule has 0 saturated heterocycles. The predicted octanol–water partition coefficient (Wildman–Crippen LogP) is -1.22. The molecule has 0 aromatic heterocycles. The zero-order valence-electron chi connectivity index (χ0n) is 17.2. The maximum atomic E-state index is 13.6. The summed E-state index contributed by atoms with van der Waals surface area (Å²) in [5, 5.41) is 0. The van der Waals surface area contributed by atoms with Crippen molar-refractivity contribution in [3.8, 4) is 0 Å². The molecule has 1 N–H and O–H groups in total. The third-order valence-electron chi connectivity index (χ3n) is 8.33. The van der Waals surface area contributed by atoms with E-state index >= 15 is 0 Å². The van der Waals surface area contributed by atoms with Crippen LogP contribution in [-0.2, 0) is 22.2 Å². The van der Waals surface area contributed by atoms with E-state index in [0.29, 0.717) is 5.91 Å². The molecular formula is C22H34Cl2NOSiTi. The molecule has 0 aromatic rings. The molecule has 0 aliphatic heterocycles. The molecule has 6 rings (SSSR count). The Balaban J connectivity index is 0.00000112. The number of hydrogen-bond donors (Lipinski definition) is 1. The summed E-state index contributed by atoms with van der Waals surface area (Å²) in [6, 6.07) is 0. The van der Waals surface area contributed by atoms with Gasteiger partial charge in [-0.25, -0.2) is 0 Å². The van der Waals surface area contributed by atoms with Crippen LogP contribution in [0.25, 0.3) is 0 Å². The van der Waals surface area contributed by atoms with Crippen molar-refractivity contribution in [3.05, 3.63) is 24.3 Å². The molecule has 6 heteroatoms. The Hall–Kier alpha value is 0.461. The molecule has 1 amide bonds. The Morgan fingerprint density at radius 2 is 1.36 bits per heavy atom. The van der Waals surface area contributed by atoms with Crippen molar-refractivity contribution in [2.24, 2.45) is 35.0 Å². The smallest absolute Gasteiger partial charge is 1.00 e. The van der Waals surface area contributed by atoms with Crippen LogP contribution < -0.4 is 28.6 Å². The minimum absolute atomic E-state index is 0. The fourth-order valence-corrected chi connectivity index (χ4v) is 19.0. The van der Waals surface area contributed by atoms with E-state index in [1.165, 1.54) is 51.4 Å². The van der Waals surface area contributed by atoms with Crippen LogP contribution in [0.4, 0.5) is 0 Å². The molecule has 0 heterocycles. The number of nitrogens with one attached hydrogen (secondary N) is 1. The summed E-state index contributed by atoms with van der Waals surface area (Å²) < 4.78 is 4.73. The van der Waals surface area contributed by atoms with Crippen LogP contribution >= 0.6 is 0 Å². The van der Waals surface area contributed by atoms with Crippen molar-refractivity contribution in [1.82, 2.24) is 3.80 Å². The van der Waals surface area contributed by atoms with Gasteiger partial charge in [-0.1, -0.05) is 0 Å². The van der Waals surface area contributed by atoms with Gasteiger partial charge in [-0.15, -0.1) is 0 Å². The zero-order chi connectivity index (χ0) is 17.9. The number of rotatable bonds is 4. The standard InChI is InChI=1S/C11H17NO.C9H11.C2H7Si.2ClH.Ti/c12-10(13)11-4-7-1-8(5-11)3-9(2-7)6-11;1-2-5-9-7-3-6-8(9)4-1;1-3-2;;;/h7-9H,1-6H2,(H2,12,13);1-5,8-9H,6-7H2;3H,1-2H3;2*1H;/q;;;;;+3/p-3. The summed E-state index contributed by atoms with van der Waals surface area (Å²) in [7, 11) is 0. The van der Waals surface area contributed by atoms with E-state index in [1.807, 2.05) is 0 Å². The molecule has 0 spiro atoms. The number of carbonyl (C=O) groups is 1. The topological polar surface area (TPSA) is 29.1 Å². The normalized spacial score (nSPS) is 42.0. The average molecular weight is 475 g/mol. The van der Waals surface area contributed by atoms with Crippen LogP contribution in [-0.4, -0.2) is 12.6 Å². The van der Waals surface area contributed by atoms with Crippen molar-refractivity contribution in [2.75, 3.05) is 0 Å². The fourth-order valence-electron chi connectivity index (χ4n) is 7.58. The maximum Gasteiger partial charge on any atom is -1.00 e. The van der Waals surface area contributed by atoms with Gasteiger partial charge in [0.1, 0.15) is 0 Å². The largest absolute Gasteiger partial charge is 1.00 e. The quantitative estimate of drug-likeness (QED) is 0.508. The number of halogens is 2. The van der Waals surface area contributed by atoms with Gasteiger partial charge in [0, 0.05) is 0 Å².